The first-order chi connectivity index (χ1) is 5.52. The smallest absolute Gasteiger partial charge is 0.0438 e. The van der Waals surface area contributed by atoms with Crippen LogP contribution in [0.1, 0.15) is 28.4 Å². The standard InChI is InChI=1S/C10H12BrCl/c1-6-5-10(12)7(2)4-9(6)8(3)11/h4-5,8H,1-3H3. The number of hydrogen-bond acceptors (Lipinski definition) is 0. The molecule has 1 unspecified atom stereocenters. The van der Waals surface area contributed by atoms with Crippen LogP contribution in [0.4, 0.5) is 0 Å². The Balaban J connectivity index is 3.23. The maximum Gasteiger partial charge on any atom is 0.0438 e. The van der Waals surface area contributed by atoms with E-state index in [0.29, 0.717) is 4.83 Å². The van der Waals surface area contributed by atoms with Crippen LogP contribution in [0.2, 0.25) is 5.02 Å². The minimum absolute atomic E-state index is 0.397. The zero-order valence-electron chi connectivity index (χ0n) is 7.49. The molecule has 1 aromatic rings. The van der Waals surface area contributed by atoms with Gasteiger partial charge in [-0.25, -0.2) is 0 Å². The van der Waals surface area contributed by atoms with Gasteiger partial charge in [-0.2, -0.15) is 0 Å². The highest BCUT2D eigenvalue weighted by molar-refractivity contribution is 9.09. The van der Waals surface area contributed by atoms with Gasteiger partial charge < -0.3 is 0 Å². The van der Waals surface area contributed by atoms with Gasteiger partial charge in [0.25, 0.3) is 0 Å². The predicted octanol–water partition coefficient (Wildman–Crippen LogP) is 4.41. The molecular weight excluding hydrogens is 235 g/mol. The molecule has 1 atom stereocenters. The Morgan fingerprint density at radius 3 is 2.33 bits per heavy atom. The van der Waals surface area contributed by atoms with Crippen LogP contribution in [-0.2, 0) is 0 Å². The lowest BCUT2D eigenvalue weighted by atomic mass is 10.0. The maximum absolute atomic E-state index is 5.98. The van der Waals surface area contributed by atoms with E-state index in [0.717, 1.165) is 10.6 Å². The lowest BCUT2D eigenvalue weighted by Crippen LogP contribution is -1.90. The molecule has 0 fully saturated rings. The van der Waals surface area contributed by atoms with Gasteiger partial charge in [-0.15, -0.1) is 0 Å². The summed E-state index contributed by atoms with van der Waals surface area (Å²) in [5.74, 6) is 0. The third kappa shape index (κ3) is 2.02. The first-order valence-corrected chi connectivity index (χ1v) is 5.22. The minimum atomic E-state index is 0.397. The van der Waals surface area contributed by atoms with Gasteiger partial charge >= 0.3 is 0 Å². The molecule has 0 aliphatic rings. The van der Waals surface area contributed by atoms with Crippen LogP contribution in [0, 0.1) is 13.8 Å². The average Bonchev–Trinajstić information content (AvgIpc) is 1.96. The first kappa shape index (κ1) is 10.1. The summed E-state index contributed by atoms with van der Waals surface area (Å²) in [5, 5.41) is 0.851. The molecule has 1 rings (SSSR count). The number of halogens is 2. The van der Waals surface area contributed by atoms with Gasteiger partial charge in [0, 0.05) is 9.85 Å². The van der Waals surface area contributed by atoms with Gasteiger partial charge in [0.05, 0.1) is 0 Å². The van der Waals surface area contributed by atoms with E-state index in [4.69, 9.17) is 11.6 Å². The third-order valence-corrected chi connectivity index (χ3v) is 2.88. The molecule has 0 radical (unpaired) electrons. The normalized spacial score (nSPS) is 13.1. The summed E-state index contributed by atoms with van der Waals surface area (Å²) in [6.45, 7) is 6.23. The molecule has 0 aliphatic heterocycles. The van der Waals surface area contributed by atoms with Crippen molar-refractivity contribution in [3.63, 3.8) is 0 Å². The van der Waals surface area contributed by atoms with Crippen LogP contribution in [0.15, 0.2) is 12.1 Å². The molecule has 0 heterocycles. The van der Waals surface area contributed by atoms with Crippen molar-refractivity contribution in [3.05, 3.63) is 33.8 Å². The Hall–Kier alpha value is -0.0100. The van der Waals surface area contributed by atoms with Gasteiger partial charge in [0.1, 0.15) is 0 Å². The van der Waals surface area contributed by atoms with Crippen molar-refractivity contribution in [2.45, 2.75) is 25.6 Å². The van der Waals surface area contributed by atoms with E-state index in [1.165, 1.54) is 11.1 Å². The van der Waals surface area contributed by atoms with E-state index in [9.17, 15) is 0 Å². The van der Waals surface area contributed by atoms with Gasteiger partial charge in [-0.1, -0.05) is 33.6 Å². The molecule has 66 valence electrons. The van der Waals surface area contributed by atoms with E-state index < -0.39 is 0 Å². The van der Waals surface area contributed by atoms with Crippen LogP contribution in [0.3, 0.4) is 0 Å². The Morgan fingerprint density at radius 1 is 1.25 bits per heavy atom. The van der Waals surface area contributed by atoms with Crippen molar-refractivity contribution in [1.29, 1.82) is 0 Å². The van der Waals surface area contributed by atoms with Gasteiger partial charge in [-0.05, 0) is 43.5 Å². The van der Waals surface area contributed by atoms with E-state index in [1.807, 2.05) is 13.0 Å². The van der Waals surface area contributed by atoms with Crippen LogP contribution in [0.25, 0.3) is 0 Å². The van der Waals surface area contributed by atoms with Crippen molar-refractivity contribution in [2.24, 2.45) is 0 Å². The lowest BCUT2D eigenvalue weighted by Gasteiger charge is -2.10. The van der Waals surface area contributed by atoms with Crippen LogP contribution < -0.4 is 0 Å². The lowest BCUT2D eigenvalue weighted by molar-refractivity contribution is 1.09. The molecule has 0 N–H and O–H groups in total. The summed E-state index contributed by atoms with van der Waals surface area (Å²) in [7, 11) is 0. The average molecular weight is 248 g/mol. The molecule has 1 aromatic carbocycles. The minimum Gasteiger partial charge on any atom is -0.0842 e. The quantitative estimate of drug-likeness (QED) is 0.645. The SMILES string of the molecule is Cc1cc(C(C)Br)c(C)cc1Cl. The molecule has 0 saturated carbocycles. The number of alkyl halides is 1. The second-order valence-electron chi connectivity index (χ2n) is 3.07. The van der Waals surface area contributed by atoms with Crippen molar-refractivity contribution in [3.8, 4) is 0 Å². The summed E-state index contributed by atoms with van der Waals surface area (Å²) < 4.78 is 0. The molecular formula is C10H12BrCl. The van der Waals surface area contributed by atoms with Gasteiger partial charge in [0.15, 0.2) is 0 Å². The predicted molar refractivity (Wildman–Crippen MR) is 58.3 cm³/mol. The van der Waals surface area contributed by atoms with Gasteiger partial charge in [-0.3, -0.25) is 0 Å². The van der Waals surface area contributed by atoms with E-state index in [2.05, 4.69) is 35.8 Å². The molecule has 0 amide bonds. The summed E-state index contributed by atoms with van der Waals surface area (Å²) in [6, 6.07) is 4.15. The van der Waals surface area contributed by atoms with Crippen LogP contribution in [-0.4, -0.2) is 0 Å². The molecule has 0 bridgehead atoms. The fourth-order valence-electron chi connectivity index (χ4n) is 1.23. The number of rotatable bonds is 1. The summed E-state index contributed by atoms with van der Waals surface area (Å²) in [4.78, 5) is 0.397. The highest BCUT2D eigenvalue weighted by Gasteiger charge is 2.06. The maximum atomic E-state index is 5.98. The molecule has 0 saturated heterocycles. The Labute approximate surface area is 87.1 Å². The largest absolute Gasteiger partial charge is 0.0842 e. The zero-order chi connectivity index (χ0) is 9.30. The molecule has 0 aliphatic carbocycles. The second kappa shape index (κ2) is 3.80. The van der Waals surface area contributed by atoms with Crippen molar-refractivity contribution < 1.29 is 0 Å². The van der Waals surface area contributed by atoms with Crippen LogP contribution in [0.5, 0.6) is 0 Å². The van der Waals surface area contributed by atoms with Gasteiger partial charge in [0.2, 0.25) is 0 Å². The highest BCUT2D eigenvalue weighted by Crippen LogP contribution is 2.29. The van der Waals surface area contributed by atoms with E-state index >= 15 is 0 Å². The van der Waals surface area contributed by atoms with E-state index in [-0.39, 0.29) is 0 Å². The molecule has 0 spiro atoms. The number of aryl methyl sites for hydroxylation is 2. The zero-order valence-corrected chi connectivity index (χ0v) is 9.83. The van der Waals surface area contributed by atoms with Crippen LogP contribution >= 0.6 is 27.5 Å². The fourth-order valence-corrected chi connectivity index (χ4v) is 1.94. The highest BCUT2D eigenvalue weighted by atomic mass is 79.9. The molecule has 0 aromatic heterocycles. The summed E-state index contributed by atoms with van der Waals surface area (Å²) in [6.07, 6.45) is 0. The third-order valence-electron chi connectivity index (χ3n) is 1.98. The summed E-state index contributed by atoms with van der Waals surface area (Å²) >= 11 is 9.52. The molecule has 12 heavy (non-hydrogen) atoms. The Kier molecular flexibility index (Phi) is 3.19. The molecule has 0 nitrogen and oxygen atoms in total. The molecule has 2 heteroatoms. The first-order valence-electron chi connectivity index (χ1n) is 3.93. The summed E-state index contributed by atoms with van der Waals surface area (Å²) in [5.41, 5.74) is 3.70. The van der Waals surface area contributed by atoms with Crippen molar-refractivity contribution >= 4 is 27.5 Å². The topological polar surface area (TPSA) is 0 Å². The number of benzene rings is 1. The fraction of sp³-hybridized carbons (Fsp3) is 0.400. The van der Waals surface area contributed by atoms with E-state index in [1.54, 1.807) is 0 Å². The second-order valence-corrected chi connectivity index (χ2v) is 4.85. The Morgan fingerprint density at radius 2 is 1.83 bits per heavy atom. The van der Waals surface area contributed by atoms with Crippen molar-refractivity contribution in [2.75, 3.05) is 0 Å². The van der Waals surface area contributed by atoms with Crippen molar-refractivity contribution in [1.82, 2.24) is 0 Å². The monoisotopic (exact) mass is 246 g/mol. The number of hydrogen-bond donors (Lipinski definition) is 0. The Bertz CT molecular complexity index is 292.